The van der Waals surface area contributed by atoms with E-state index in [9.17, 15) is 25.2 Å². The van der Waals surface area contributed by atoms with Crippen molar-refractivity contribution in [1.82, 2.24) is 0 Å². The van der Waals surface area contributed by atoms with Crippen molar-refractivity contribution in [2.75, 3.05) is 40.8 Å². The minimum atomic E-state index is -1.63. The molecule has 0 bridgehead atoms. The molecule has 4 aliphatic rings. The number of aliphatic hydroxyl groups excluding tert-OH is 4. The van der Waals surface area contributed by atoms with Gasteiger partial charge in [-0.2, -0.15) is 0 Å². The van der Waals surface area contributed by atoms with Gasteiger partial charge in [0.2, 0.25) is 12.5 Å². The third-order valence-corrected chi connectivity index (χ3v) is 8.83. The molecule has 0 amide bonds. The second kappa shape index (κ2) is 12.6. The maximum absolute atomic E-state index is 13.5. The molecule has 2 aromatic rings. The van der Waals surface area contributed by atoms with E-state index in [0.717, 1.165) is 12.8 Å². The Morgan fingerprint density at radius 1 is 0.909 bits per heavy atom. The third kappa shape index (κ3) is 5.21. The number of esters is 1. The van der Waals surface area contributed by atoms with E-state index in [1.165, 1.54) is 14.2 Å². The van der Waals surface area contributed by atoms with Crippen molar-refractivity contribution < 1.29 is 63.1 Å². The molecular weight excluding hydrogens is 580 g/mol. The number of carbonyl (C=O) groups is 1. The molecule has 0 spiro atoms. The Hall–Kier alpha value is -3.33. The Bertz CT molecular complexity index is 1340. The summed E-state index contributed by atoms with van der Waals surface area (Å²) < 4.78 is 46.5. The highest BCUT2D eigenvalue weighted by molar-refractivity contribution is 5.79. The number of hydrogen-bond acceptors (Lipinski definition) is 13. The highest BCUT2D eigenvalue weighted by Crippen LogP contribution is 2.57. The molecule has 3 heterocycles. The van der Waals surface area contributed by atoms with Crippen LogP contribution in [-0.4, -0.2) is 97.9 Å². The van der Waals surface area contributed by atoms with Crippen LogP contribution in [0.25, 0.3) is 0 Å². The van der Waals surface area contributed by atoms with E-state index in [-0.39, 0.29) is 13.4 Å². The number of methoxy groups -OCH3 is 2. The van der Waals surface area contributed by atoms with E-state index in [0.29, 0.717) is 52.0 Å². The largest absolute Gasteiger partial charge is 0.493 e. The maximum Gasteiger partial charge on any atom is 0.310 e. The molecule has 6 rings (SSSR count). The zero-order chi connectivity index (χ0) is 31.1. The maximum atomic E-state index is 13.5. The molecule has 1 aliphatic carbocycles. The number of benzene rings is 2. The van der Waals surface area contributed by atoms with Crippen LogP contribution in [0.1, 0.15) is 48.5 Å². The average Bonchev–Trinajstić information content (AvgIpc) is 3.66. The number of unbranched alkanes of at least 4 members (excludes halogenated alkanes) is 1. The Morgan fingerprint density at radius 2 is 1.59 bits per heavy atom. The lowest BCUT2D eigenvalue weighted by atomic mass is 9.66. The van der Waals surface area contributed by atoms with E-state index in [1.54, 1.807) is 12.1 Å². The minimum Gasteiger partial charge on any atom is -0.493 e. The van der Waals surface area contributed by atoms with Crippen molar-refractivity contribution >= 4 is 5.97 Å². The highest BCUT2D eigenvalue weighted by Gasteiger charge is 2.55. The number of hydrogen-bond donors (Lipinski definition) is 4. The van der Waals surface area contributed by atoms with E-state index >= 15 is 0 Å². The third-order valence-electron chi connectivity index (χ3n) is 8.83. The fourth-order valence-corrected chi connectivity index (χ4v) is 6.55. The van der Waals surface area contributed by atoms with Crippen molar-refractivity contribution in [3.63, 3.8) is 0 Å². The second-order valence-corrected chi connectivity index (χ2v) is 11.3. The smallest absolute Gasteiger partial charge is 0.310 e. The monoisotopic (exact) mass is 618 g/mol. The fourth-order valence-electron chi connectivity index (χ4n) is 6.55. The van der Waals surface area contributed by atoms with Crippen LogP contribution in [0.2, 0.25) is 0 Å². The SMILES string of the molecule is CCCCOc1c(OC)cc(C2c3cc4c(cc3C(OC3OC(CO)C(O)C(O)C3O)C3COC(=O)C23)OCO4)cc1OC. The summed E-state index contributed by atoms with van der Waals surface area (Å²) in [5.41, 5.74) is 2.03. The predicted molar refractivity (Wildman–Crippen MR) is 150 cm³/mol. The molecule has 0 radical (unpaired) electrons. The topological polar surface area (TPSA) is 172 Å². The molecule has 0 aromatic heterocycles. The summed E-state index contributed by atoms with van der Waals surface area (Å²) >= 11 is 0. The van der Waals surface area contributed by atoms with E-state index < -0.39 is 67.1 Å². The van der Waals surface area contributed by atoms with Crippen LogP contribution in [-0.2, 0) is 19.0 Å². The molecule has 4 N–H and O–H groups in total. The molecule has 2 fully saturated rings. The molecule has 240 valence electrons. The lowest BCUT2D eigenvalue weighted by Gasteiger charge is -2.44. The average molecular weight is 619 g/mol. The number of carbonyl (C=O) groups excluding carboxylic acids is 1. The van der Waals surface area contributed by atoms with Crippen LogP contribution in [0.3, 0.4) is 0 Å². The van der Waals surface area contributed by atoms with Crippen LogP contribution in [0.15, 0.2) is 24.3 Å². The summed E-state index contributed by atoms with van der Waals surface area (Å²) in [5, 5.41) is 41.2. The Kier molecular flexibility index (Phi) is 8.77. The normalized spacial score (nSPS) is 32.1. The van der Waals surface area contributed by atoms with Crippen LogP contribution < -0.4 is 23.7 Å². The number of ether oxygens (including phenoxy) is 8. The highest BCUT2D eigenvalue weighted by atomic mass is 16.7. The predicted octanol–water partition coefficient (Wildman–Crippen LogP) is 1.40. The van der Waals surface area contributed by atoms with E-state index in [2.05, 4.69) is 6.92 Å². The van der Waals surface area contributed by atoms with Crippen LogP contribution in [0.4, 0.5) is 0 Å². The lowest BCUT2D eigenvalue weighted by Crippen LogP contribution is -2.59. The van der Waals surface area contributed by atoms with Gasteiger partial charge in [-0.05, 0) is 47.4 Å². The van der Waals surface area contributed by atoms with Gasteiger partial charge >= 0.3 is 5.97 Å². The Labute approximate surface area is 254 Å². The van der Waals surface area contributed by atoms with Crippen LogP contribution in [0, 0.1) is 11.8 Å². The van der Waals surface area contributed by atoms with Crippen molar-refractivity contribution in [2.24, 2.45) is 11.8 Å². The van der Waals surface area contributed by atoms with E-state index in [1.807, 2.05) is 12.1 Å². The first kappa shape index (κ1) is 30.7. The van der Waals surface area contributed by atoms with Gasteiger partial charge in [-0.1, -0.05) is 13.3 Å². The van der Waals surface area contributed by atoms with Crippen LogP contribution in [0.5, 0.6) is 28.7 Å². The first-order chi connectivity index (χ1) is 21.3. The van der Waals surface area contributed by atoms with Gasteiger partial charge in [-0.25, -0.2) is 0 Å². The van der Waals surface area contributed by atoms with Gasteiger partial charge in [0.15, 0.2) is 29.3 Å². The summed E-state index contributed by atoms with van der Waals surface area (Å²) in [4.78, 5) is 13.5. The van der Waals surface area contributed by atoms with Crippen LogP contribution >= 0.6 is 0 Å². The number of fused-ring (bicyclic) bond motifs is 3. The number of aliphatic hydroxyl groups is 4. The van der Waals surface area contributed by atoms with Gasteiger partial charge in [0.25, 0.3) is 0 Å². The first-order valence-electron chi connectivity index (χ1n) is 14.8. The Morgan fingerprint density at radius 3 is 2.23 bits per heavy atom. The second-order valence-electron chi connectivity index (χ2n) is 11.3. The molecule has 2 aromatic carbocycles. The van der Waals surface area contributed by atoms with Gasteiger partial charge in [-0.15, -0.1) is 0 Å². The molecule has 13 heteroatoms. The van der Waals surface area contributed by atoms with E-state index in [4.69, 9.17) is 37.9 Å². The van der Waals surface area contributed by atoms with Gasteiger partial charge in [0.05, 0.1) is 46.1 Å². The summed E-state index contributed by atoms with van der Waals surface area (Å²) in [6.45, 7) is 1.97. The number of cyclic esters (lactones) is 1. The molecule has 9 atom stereocenters. The molecule has 44 heavy (non-hydrogen) atoms. The van der Waals surface area contributed by atoms with Crippen molar-refractivity contribution in [3.05, 3.63) is 41.0 Å². The zero-order valence-electron chi connectivity index (χ0n) is 24.7. The molecule has 3 aliphatic heterocycles. The molecule has 9 unspecified atom stereocenters. The van der Waals surface area contributed by atoms with Crippen molar-refractivity contribution in [1.29, 1.82) is 0 Å². The quantitative estimate of drug-likeness (QED) is 0.223. The van der Waals surface area contributed by atoms with Crippen molar-refractivity contribution in [2.45, 2.75) is 62.5 Å². The minimum absolute atomic E-state index is 0.0153. The van der Waals surface area contributed by atoms with Crippen molar-refractivity contribution in [3.8, 4) is 28.7 Å². The molecule has 2 saturated heterocycles. The van der Waals surface area contributed by atoms with Gasteiger partial charge in [0, 0.05) is 11.8 Å². The lowest BCUT2D eigenvalue weighted by molar-refractivity contribution is -0.317. The summed E-state index contributed by atoms with van der Waals surface area (Å²) in [7, 11) is 3.07. The van der Waals surface area contributed by atoms with Gasteiger partial charge < -0.3 is 58.3 Å². The number of rotatable bonds is 10. The summed E-state index contributed by atoms with van der Waals surface area (Å²) in [6.07, 6.45) is -6.47. The molecular formula is C31H38O13. The molecule has 13 nitrogen and oxygen atoms in total. The zero-order valence-corrected chi connectivity index (χ0v) is 24.7. The summed E-state index contributed by atoms with van der Waals surface area (Å²) in [5.74, 6) is 0.0360. The van der Waals surface area contributed by atoms with Gasteiger partial charge in [0.1, 0.15) is 24.4 Å². The fraction of sp³-hybridized carbons (Fsp3) is 0.581. The Balaban J connectivity index is 1.46. The van der Waals surface area contributed by atoms with Gasteiger partial charge in [-0.3, -0.25) is 4.79 Å². The first-order valence-corrected chi connectivity index (χ1v) is 14.8. The molecule has 0 saturated carbocycles. The summed E-state index contributed by atoms with van der Waals surface area (Å²) in [6, 6.07) is 7.22. The standard InChI is InChI=1S/C31H38O13/c1-4-5-6-39-29-20(37-2)7-14(8-21(29)38-3)23-15-9-18-19(42-13-41-18)10-16(15)28(17-12-40-30(36)24(17)23)44-31-27(35)26(34)25(33)22(11-32)43-31/h7-10,17,22-28,31-35H,4-6,11-13H2,1-3H3.